The van der Waals surface area contributed by atoms with Gasteiger partial charge in [0.2, 0.25) is 0 Å². The number of hydrogen-bond acceptors (Lipinski definition) is 4. The molecule has 0 amide bonds. The van der Waals surface area contributed by atoms with Crippen LogP contribution >= 0.6 is 0 Å². The lowest BCUT2D eigenvalue weighted by Gasteiger charge is -2.21. The molecule has 4 heteroatoms. The first-order valence-corrected chi connectivity index (χ1v) is 5.49. The molecule has 1 aromatic rings. The van der Waals surface area contributed by atoms with E-state index in [-0.39, 0.29) is 5.75 Å². The van der Waals surface area contributed by atoms with Gasteiger partial charge in [-0.1, -0.05) is 13.8 Å². The molecule has 1 aromatic heterocycles. The lowest BCUT2D eigenvalue weighted by molar-refractivity contribution is 0.146. The lowest BCUT2D eigenvalue weighted by Crippen LogP contribution is -2.37. The second-order valence-electron chi connectivity index (χ2n) is 4.19. The second kappa shape index (κ2) is 6.45. The van der Waals surface area contributed by atoms with E-state index in [0.717, 1.165) is 5.69 Å². The first-order valence-electron chi connectivity index (χ1n) is 5.49. The van der Waals surface area contributed by atoms with E-state index in [9.17, 15) is 0 Å². The summed E-state index contributed by atoms with van der Waals surface area (Å²) in [6.45, 7) is 5.68. The fourth-order valence-corrected chi connectivity index (χ4v) is 1.42. The molecule has 16 heavy (non-hydrogen) atoms. The fraction of sp³-hybridized carbons (Fsp3) is 0.583. The number of nitrogens with one attached hydrogen (secondary N) is 1. The molecule has 0 spiro atoms. The van der Waals surface area contributed by atoms with Crippen LogP contribution in [0.1, 0.15) is 19.5 Å². The molecule has 0 radical (unpaired) electrons. The van der Waals surface area contributed by atoms with E-state index >= 15 is 0 Å². The minimum absolute atomic E-state index is 0.195. The van der Waals surface area contributed by atoms with Crippen LogP contribution in [0.2, 0.25) is 0 Å². The quantitative estimate of drug-likeness (QED) is 0.769. The van der Waals surface area contributed by atoms with E-state index in [4.69, 9.17) is 9.84 Å². The zero-order valence-electron chi connectivity index (χ0n) is 10.1. The third-order valence-electron chi connectivity index (χ3n) is 2.51. The van der Waals surface area contributed by atoms with Crippen LogP contribution in [-0.2, 0) is 11.3 Å². The number of hydrogen-bond donors (Lipinski definition) is 2. The number of rotatable bonds is 6. The highest BCUT2D eigenvalue weighted by molar-refractivity contribution is 5.17. The van der Waals surface area contributed by atoms with Crippen LogP contribution in [0.15, 0.2) is 18.3 Å². The Labute approximate surface area is 96.7 Å². The van der Waals surface area contributed by atoms with Crippen molar-refractivity contribution in [1.29, 1.82) is 0 Å². The molecule has 0 saturated heterocycles. The highest BCUT2D eigenvalue weighted by Gasteiger charge is 2.12. The van der Waals surface area contributed by atoms with Crippen molar-refractivity contribution in [1.82, 2.24) is 10.3 Å². The van der Waals surface area contributed by atoms with Crippen LogP contribution in [0, 0.1) is 5.92 Å². The average Bonchev–Trinajstić information content (AvgIpc) is 2.26. The van der Waals surface area contributed by atoms with E-state index in [1.165, 1.54) is 6.20 Å². The summed E-state index contributed by atoms with van der Waals surface area (Å²) in [6.07, 6.45) is 1.46. The summed E-state index contributed by atoms with van der Waals surface area (Å²) in [7, 11) is 1.70. The summed E-state index contributed by atoms with van der Waals surface area (Å²) in [5.41, 5.74) is 0.916. The van der Waals surface area contributed by atoms with Crippen molar-refractivity contribution >= 4 is 0 Å². The summed E-state index contributed by atoms with van der Waals surface area (Å²) in [4.78, 5) is 4.12. The molecule has 1 atom stereocenters. The maximum atomic E-state index is 9.10. The fourth-order valence-electron chi connectivity index (χ4n) is 1.42. The van der Waals surface area contributed by atoms with Crippen molar-refractivity contribution in [3.05, 3.63) is 24.0 Å². The molecule has 90 valence electrons. The number of aromatic nitrogens is 1. The maximum absolute atomic E-state index is 9.10. The van der Waals surface area contributed by atoms with Crippen molar-refractivity contribution in [2.75, 3.05) is 13.7 Å². The summed E-state index contributed by atoms with van der Waals surface area (Å²) in [6, 6.07) is 3.78. The normalized spacial score (nSPS) is 13.0. The van der Waals surface area contributed by atoms with E-state index in [1.54, 1.807) is 13.2 Å². The lowest BCUT2D eigenvalue weighted by atomic mass is 10.1. The van der Waals surface area contributed by atoms with Crippen molar-refractivity contribution in [2.45, 2.75) is 26.4 Å². The van der Waals surface area contributed by atoms with Crippen LogP contribution in [0.4, 0.5) is 0 Å². The highest BCUT2D eigenvalue weighted by Crippen LogP contribution is 2.07. The van der Waals surface area contributed by atoms with Crippen LogP contribution in [0.3, 0.4) is 0 Å². The average molecular weight is 224 g/mol. The van der Waals surface area contributed by atoms with Gasteiger partial charge in [0.25, 0.3) is 0 Å². The number of aromatic hydroxyl groups is 1. The third kappa shape index (κ3) is 4.16. The van der Waals surface area contributed by atoms with Gasteiger partial charge in [0.15, 0.2) is 0 Å². The predicted molar refractivity (Wildman–Crippen MR) is 63.2 cm³/mol. The smallest absolute Gasteiger partial charge is 0.133 e. The van der Waals surface area contributed by atoms with Gasteiger partial charge in [-0.25, -0.2) is 0 Å². The zero-order valence-corrected chi connectivity index (χ0v) is 10.1. The van der Waals surface area contributed by atoms with E-state index < -0.39 is 0 Å². The first kappa shape index (κ1) is 12.9. The molecular formula is C12H20N2O2. The SMILES string of the molecule is COCC(NCc1ccc(O)cn1)C(C)C. The number of ether oxygens (including phenoxy) is 1. The molecule has 0 fully saturated rings. The number of pyridine rings is 1. The van der Waals surface area contributed by atoms with Crippen LogP contribution < -0.4 is 5.32 Å². The molecule has 1 heterocycles. The van der Waals surface area contributed by atoms with Gasteiger partial charge in [0, 0.05) is 19.7 Å². The zero-order chi connectivity index (χ0) is 12.0. The molecule has 1 unspecified atom stereocenters. The molecule has 0 aliphatic heterocycles. The molecule has 2 N–H and O–H groups in total. The van der Waals surface area contributed by atoms with Crippen LogP contribution in [0.5, 0.6) is 5.75 Å². The monoisotopic (exact) mass is 224 g/mol. The van der Waals surface area contributed by atoms with Crippen LogP contribution in [0.25, 0.3) is 0 Å². The van der Waals surface area contributed by atoms with Gasteiger partial charge in [-0.15, -0.1) is 0 Å². The Morgan fingerprint density at radius 1 is 1.44 bits per heavy atom. The van der Waals surface area contributed by atoms with Crippen molar-refractivity contribution in [2.24, 2.45) is 5.92 Å². The second-order valence-corrected chi connectivity index (χ2v) is 4.19. The molecule has 1 rings (SSSR count). The predicted octanol–water partition coefficient (Wildman–Crippen LogP) is 1.55. The van der Waals surface area contributed by atoms with Gasteiger partial charge in [-0.3, -0.25) is 4.98 Å². The summed E-state index contributed by atoms with van der Waals surface area (Å²) in [5, 5.41) is 12.5. The van der Waals surface area contributed by atoms with Gasteiger partial charge in [-0.2, -0.15) is 0 Å². The first-order chi connectivity index (χ1) is 7.63. The highest BCUT2D eigenvalue weighted by atomic mass is 16.5. The Morgan fingerprint density at radius 2 is 2.19 bits per heavy atom. The van der Waals surface area contributed by atoms with E-state index in [2.05, 4.69) is 24.1 Å². The molecule has 0 saturated carbocycles. The van der Waals surface area contributed by atoms with Gasteiger partial charge >= 0.3 is 0 Å². The summed E-state index contributed by atoms with van der Waals surface area (Å²) in [5.74, 6) is 0.707. The molecule has 0 bridgehead atoms. The Balaban J connectivity index is 2.45. The van der Waals surface area contributed by atoms with Gasteiger partial charge in [0.1, 0.15) is 5.75 Å². The van der Waals surface area contributed by atoms with Crippen molar-refractivity contribution in [3.8, 4) is 5.75 Å². The number of methoxy groups -OCH3 is 1. The third-order valence-corrected chi connectivity index (χ3v) is 2.51. The van der Waals surface area contributed by atoms with Gasteiger partial charge in [0.05, 0.1) is 18.5 Å². The Kier molecular flexibility index (Phi) is 5.22. The molecule has 0 aliphatic rings. The van der Waals surface area contributed by atoms with E-state index in [0.29, 0.717) is 25.1 Å². The Bertz CT molecular complexity index is 298. The number of nitrogens with zero attached hydrogens (tertiary/aromatic N) is 1. The summed E-state index contributed by atoms with van der Waals surface area (Å²) < 4.78 is 5.15. The Hall–Kier alpha value is -1.13. The minimum atomic E-state index is 0.195. The van der Waals surface area contributed by atoms with Crippen molar-refractivity contribution in [3.63, 3.8) is 0 Å². The Morgan fingerprint density at radius 3 is 2.69 bits per heavy atom. The molecule has 0 aliphatic carbocycles. The van der Waals surface area contributed by atoms with Crippen molar-refractivity contribution < 1.29 is 9.84 Å². The molecule has 0 aromatic carbocycles. The van der Waals surface area contributed by atoms with Gasteiger partial charge in [-0.05, 0) is 18.1 Å². The molecule has 4 nitrogen and oxygen atoms in total. The largest absolute Gasteiger partial charge is 0.506 e. The summed E-state index contributed by atoms with van der Waals surface area (Å²) >= 11 is 0. The topological polar surface area (TPSA) is 54.4 Å². The van der Waals surface area contributed by atoms with E-state index in [1.807, 2.05) is 6.07 Å². The standard InChI is InChI=1S/C12H20N2O2/c1-9(2)12(8-16-3)14-6-10-4-5-11(15)7-13-10/h4-5,7,9,12,14-15H,6,8H2,1-3H3. The minimum Gasteiger partial charge on any atom is -0.506 e. The van der Waals surface area contributed by atoms with Gasteiger partial charge < -0.3 is 15.2 Å². The molecular weight excluding hydrogens is 204 g/mol. The maximum Gasteiger partial charge on any atom is 0.133 e. The van der Waals surface area contributed by atoms with Crippen LogP contribution in [-0.4, -0.2) is 29.8 Å².